The monoisotopic (exact) mass is 902 g/mol. The molecule has 0 aromatic heterocycles. The van der Waals surface area contributed by atoms with E-state index in [1.165, 1.54) is 59.0 Å². The predicted molar refractivity (Wildman–Crippen MR) is 257 cm³/mol. The minimum absolute atomic E-state index is 0. The van der Waals surface area contributed by atoms with E-state index in [0.717, 1.165) is 5.75 Å². The number of aryl methyl sites for hydroxylation is 1. The second kappa shape index (κ2) is 23.5. The zero-order valence-corrected chi connectivity index (χ0v) is 37.4. The van der Waals surface area contributed by atoms with Crippen LogP contribution in [0.3, 0.4) is 0 Å². The van der Waals surface area contributed by atoms with Crippen molar-refractivity contribution in [1.29, 1.82) is 0 Å². The van der Waals surface area contributed by atoms with Gasteiger partial charge in [0, 0.05) is 10.6 Å². The number of rotatable bonds is 6. The van der Waals surface area contributed by atoms with Crippen molar-refractivity contribution in [3.63, 3.8) is 0 Å². The molecule has 0 bridgehead atoms. The van der Waals surface area contributed by atoms with Crippen LogP contribution in [-0.2, 0) is 25.2 Å². The molecule has 59 heavy (non-hydrogen) atoms. The summed E-state index contributed by atoms with van der Waals surface area (Å²) in [6, 6.07) is 90.7. The maximum atomic E-state index is 3.22. The summed E-state index contributed by atoms with van der Waals surface area (Å²) in [5.41, 5.74) is 5.56. The smallest absolute Gasteiger partial charge is 0.214 e. The third kappa shape index (κ3) is 12.2. The Morgan fingerprint density at radius 3 is 1.08 bits per heavy atom. The fraction of sp³-hybridized carbons (Fsp3) is 0.0364. The maximum Gasteiger partial charge on any atom is 2.00 e. The Morgan fingerprint density at radius 2 is 0.746 bits per heavy atom. The zero-order chi connectivity index (χ0) is 39.6. The van der Waals surface area contributed by atoms with Crippen LogP contribution in [0.25, 0.3) is 11.1 Å². The van der Waals surface area contributed by atoms with Gasteiger partial charge in [0.1, 0.15) is 0 Å². The molecule has 1 aliphatic rings. The number of hydrogen-bond acceptors (Lipinski definition) is 1. The van der Waals surface area contributed by atoms with E-state index in [-0.39, 0.29) is 19.5 Å². The fourth-order valence-corrected chi connectivity index (χ4v) is 12.5. The largest absolute Gasteiger partial charge is 2.00 e. The number of benzene rings is 8. The third-order valence-corrected chi connectivity index (χ3v) is 15.5. The van der Waals surface area contributed by atoms with Gasteiger partial charge < -0.3 is 0 Å². The van der Waals surface area contributed by atoms with E-state index in [0.29, 0.717) is 0 Å². The summed E-state index contributed by atoms with van der Waals surface area (Å²) in [4.78, 5) is 1.39. The van der Waals surface area contributed by atoms with Crippen molar-refractivity contribution in [2.75, 3.05) is 0 Å². The molecule has 0 radical (unpaired) electrons. The van der Waals surface area contributed by atoms with Gasteiger partial charge in [0.2, 0.25) is 0 Å². The maximum absolute atomic E-state index is 3.22. The van der Waals surface area contributed by atoms with Gasteiger partial charge in [0.05, 0.1) is 0 Å². The molecule has 0 atom stereocenters. The molecule has 9 aromatic carbocycles. The van der Waals surface area contributed by atoms with Crippen molar-refractivity contribution in [3.8, 4) is 11.1 Å². The Labute approximate surface area is 371 Å². The van der Waals surface area contributed by atoms with Gasteiger partial charge in [-0.1, -0.05) is 213 Å². The normalized spacial score (nSPS) is 10.8. The zero-order valence-electron chi connectivity index (χ0n) is 33.0. The van der Waals surface area contributed by atoms with Gasteiger partial charge in [-0.15, -0.1) is 22.9 Å². The molecule has 0 amide bonds. The summed E-state index contributed by atoms with van der Waals surface area (Å²) in [7, 11) is -0.892. The number of hydrogen-bond donors (Lipinski definition) is 0. The molecule has 0 saturated heterocycles. The van der Waals surface area contributed by atoms with E-state index in [4.69, 9.17) is 0 Å². The molecule has 0 unspecified atom stereocenters. The molecular weight excluding hydrogens is 856 g/mol. The van der Waals surface area contributed by atoms with Gasteiger partial charge in [-0.25, -0.2) is 12.1 Å². The second-order valence-electron chi connectivity index (χ2n) is 13.5. The van der Waals surface area contributed by atoms with Crippen LogP contribution in [0.15, 0.2) is 254 Å². The molecule has 1 aliphatic heterocycles. The standard InChI is InChI=1S/2C18H15P.C14H11S.C5H5.Ru/c2*1-4-10-16(11-5-1)19(17-12-6-2-7-13-17)18-14-8-3-9-15-18;1-10-5-4-7-11-12-6-2-3-8-14(12)15-9-13(10)11;1-2-4-5-3-1;/h2*1-15H;2-3,5-8H,9H2,1H3;1-5H;/q;;2*-1;+2. The van der Waals surface area contributed by atoms with Crippen LogP contribution in [0.5, 0.6) is 0 Å². The van der Waals surface area contributed by atoms with E-state index in [2.05, 4.69) is 231 Å². The van der Waals surface area contributed by atoms with Gasteiger partial charge >= 0.3 is 19.5 Å². The summed E-state index contributed by atoms with van der Waals surface area (Å²) in [6.45, 7) is 2.17. The fourth-order valence-electron chi connectivity index (χ4n) is 6.71. The van der Waals surface area contributed by atoms with Crippen molar-refractivity contribution in [2.24, 2.45) is 0 Å². The molecule has 0 fully saturated rings. The first-order chi connectivity index (χ1) is 28.8. The van der Waals surface area contributed by atoms with Crippen LogP contribution in [-0.4, -0.2) is 0 Å². The number of thioether (sulfide) groups is 1. The summed E-state index contributed by atoms with van der Waals surface area (Å²) < 4.78 is 0. The summed E-state index contributed by atoms with van der Waals surface area (Å²) >= 11 is 1.93. The average Bonchev–Trinajstić information content (AvgIpc) is 3.91. The van der Waals surface area contributed by atoms with E-state index < -0.39 is 15.8 Å². The summed E-state index contributed by atoms with van der Waals surface area (Å²) in [6.07, 6.45) is 0. The first-order valence-electron chi connectivity index (χ1n) is 19.6. The van der Waals surface area contributed by atoms with Gasteiger partial charge in [0.25, 0.3) is 0 Å². The quantitative estimate of drug-likeness (QED) is 0.0910. The predicted octanol–water partition coefficient (Wildman–Crippen LogP) is 12.4. The van der Waals surface area contributed by atoms with E-state index in [1.54, 1.807) is 0 Å². The number of fused-ring (bicyclic) bond motifs is 3. The van der Waals surface area contributed by atoms with Crippen LogP contribution < -0.4 is 31.8 Å². The van der Waals surface area contributed by atoms with Crippen molar-refractivity contribution in [3.05, 3.63) is 266 Å². The molecule has 0 nitrogen and oxygen atoms in total. The Hall–Kier alpha value is -5.06. The molecule has 10 rings (SSSR count). The Kier molecular flexibility index (Phi) is 17.3. The molecule has 0 aliphatic carbocycles. The van der Waals surface area contributed by atoms with Crippen molar-refractivity contribution in [2.45, 2.75) is 17.6 Å². The molecule has 1 heterocycles. The average molecular weight is 902 g/mol. The minimum Gasteiger partial charge on any atom is -0.214 e. The van der Waals surface area contributed by atoms with Gasteiger partial charge in [-0.05, 0) is 53.7 Å². The van der Waals surface area contributed by atoms with Crippen LogP contribution in [0.1, 0.15) is 11.1 Å². The van der Waals surface area contributed by atoms with E-state index >= 15 is 0 Å². The first kappa shape index (κ1) is 43.5. The molecule has 290 valence electrons. The van der Waals surface area contributed by atoms with Gasteiger partial charge in [-0.2, -0.15) is 42.0 Å². The van der Waals surface area contributed by atoms with Crippen molar-refractivity contribution >= 4 is 59.4 Å². The van der Waals surface area contributed by atoms with Crippen LogP contribution in [0.2, 0.25) is 0 Å². The SMILES string of the molecule is Cc1c[c-]cc2c1CSc1ccccc1-2.[Ru+2].c1cc[cH-]c1.c1ccc(P(c2ccccc2)c2ccccc2)cc1.c1ccc(P(c2ccccc2)c2ccccc2)cc1. The molecule has 9 aromatic rings. The van der Waals surface area contributed by atoms with Crippen LogP contribution in [0, 0.1) is 13.0 Å². The summed E-state index contributed by atoms with van der Waals surface area (Å²) in [5.74, 6) is 1.09. The van der Waals surface area contributed by atoms with E-state index in [9.17, 15) is 0 Å². The van der Waals surface area contributed by atoms with Gasteiger partial charge in [0.15, 0.2) is 0 Å². The Bertz CT molecular complexity index is 2170. The third-order valence-electron chi connectivity index (χ3n) is 9.52. The molecule has 0 spiro atoms. The Morgan fingerprint density at radius 1 is 0.407 bits per heavy atom. The van der Waals surface area contributed by atoms with Crippen molar-refractivity contribution < 1.29 is 19.5 Å². The van der Waals surface area contributed by atoms with Crippen molar-refractivity contribution in [1.82, 2.24) is 0 Å². The van der Waals surface area contributed by atoms with Crippen LogP contribution in [0.4, 0.5) is 0 Å². The topological polar surface area (TPSA) is 0 Å². The molecule has 0 N–H and O–H groups in total. The summed E-state index contributed by atoms with van der Waals surface area (Å²) in [5, 5.41) is 8.39. The van der Waals surface area contributed by atoms with E-state index in [1.807, 2.05) is 42.1 Å². The second-order valence-corrected chi connectivity index (χ2v) is 18.9. The molecule has 4 heteroatoms. The van der Waals surface area contributed by atoms with Crippen LogP contribution >= 0.6 is 27.6 Å². The van der Waals surface area contributed by atoms with Gasteiger partial charge in [-0.3, -0.25) is 0 Å². The molecular formula is C55H46P2RuS. The first-order valence-corrected chi connectivity index (χ1v) is 23.2. The Balaban J connectivity index is 0.000000140. The minimum atomic E-state index is -0.446. The molecule has 0 saturated carbocycles.